The molecule has 1 amide bonds. The summed E-state index contributed by atoms with van der Waals surface area (Å²) in [7, 11) is 0. The first-order valence-corrected chi connectivity index (χ1v) is 6.98. The van der Waals surface area contributed by atoms with Crippen molar-refractivity contribution in [3.8, 4) is 0 Å². The van der Waals surface area contributed by atoms with E-state index in [1.54, 1.807) is 0 Å². The van der Waals surface area contributed by atoms with Gasteiger partial charge in [-0.2, -0.15) is 0 Å². The van der Waals surface area contributed by atoms with Gasteiger partial charge in [-0.3, -0.25) is 0 Å². The van der Waals surface area contributed by atoms with E-state index in [0.717, 1.165) is 25.7 Å². The Balaban J connectivity index is 2.03. The van der Waals surface area contributed by atoms with Crippen molar-refractivity contribution in [1.82, 2.24) is 4.90 Å². The molecule has 2 N–H and O–H groups in total. The first-order chi connectivity index (χ1) is 8.33. The SMILES string of the molecule is NCCC1CCOC(=O)N1C1CCCCCC1. The maximum Gasteiger partial charge on any atom is 0.410 e. The predicted octanol–water partition coefficient (Wildman–Crippen LogP) is 2.27. The maximum absolute atomic E-state index is 12.0. The molecule has 1 saturated heterocycles. The third-order valence-electron chi connectivity index (χ3n) is 4.00. The van der Waals surface area contributed by atoms with Gasteiger partial charge in [-0.05, 0) is 25.8 Å². The number of ether oxygens (including phenoxy) is 1. The number of nitrogens with zero attached hydrogens (tertiary/aromatic N) is 1. The zero-order chi connectivity index (χ0) is 12.1. The van der Waals surface area contributed by atoms with E-state index in [2.05, 4.69) is 0 Å². The summed E-state index contributed by atoms with van der Waals surface area (Å²) in [6.45, 7) is 1.22. The molecule has 0 aromatic heterocycles. The molecule has 98 valence electrons. The van der Waals surface area contributed by atoms with Gasteiger partial charge in [0, 0.05) is 18.5 Å². The molecule has 0 aromatic carbocycles. The summed E-state index contributed by atoms with van der Waals surface area (Å²) >= 11 is 0. The van der Waals surface area contributed by atoms with Crippen LogP contribution in [-0.4, -0.2) is 36.2 Å². The lowest BCUT2D eigenvalue weighted by Gasteiger charge is -2.40. The number of nitrogens with two attached hydrogens (primary N) is 1. The largest absolute Gasteiger partial charge is 0.449 e. The van der Waals surface area contributed by atoms with E-state index in [1.165, 1.54) is 25.7 Å². The number of hydrogen-bond acceptors (Lipinski definition) is 3. The Morgan fingerprint density at radius 1 is 1.18 bits per heavy atom. The van der Waals surface area contributed by atoms with Crippen LogP contribution < -0.4 is 5.73 Å². The van der Waals surface area contributed by atoms with Crippen molar-refractivity contribution in [2.75, 3.05) is 13.2 Å². The average Bonchev–Trinajstić information content (AvgIpc) is 2.58. The molecule has 0 bridgehead atoms. The summed E-state index contributed by atoms with van der Waals surface area (Å²) in [5.41, 5.74) is 5.65. The molecule has 0 radical (unpaired) electrons. The van der Waals surface area contributed by atoms with Crippen LogP contribution in [0.5, 0.6) is 0 Å². The van der Waals surface area contributed by atoms with Crippen molar-refractivity contribution in [3.63, 3.8) is 0 Å². The summed E-state index contributed by atoms with van der Waals surface area (Å²) in [6.07, 6.45) is 9.11. The van der Waals surface area contributed by atoms with Gasteiger partial charge in [0.15, 0.2) is 0 Å². The summed E-state index contributed by atoms with van der Waals surface area (Å²) in [5.74, 6) is 0. The van der Waals surface area contributed by atoms with Crippen LogP contribution in [0.1, 0.15) is 51.4 Å². The molecule has 0 aromatic rings. The van der Waals surface area contributed by atoms with Crippen LogP contribution in [0, 0.1) is 0 Å². The molecule has 1 atom stereocenters. The van der Waals surface area contributed by atoms with E-state index >= 15 is 0 Å². The van der Waals surface area contributed by atoms with Gasteiger partial charge in [0.2, 0.25) is 0 Å². The Labute approximate surface area is 103 Å². The lowest BCUT2D eigenvalue weighted by molar-refractivity contribution is 0.0187. The van der Waals surface area contributed by atoms with Crippen LogP contribution in [0.2, 0.25) is 0 Å². The van der Waals surface area contributed by atoms with Crippen molar-refractivity contribution in [3.05, 3.63) is 0 Å². The molecule has 1 unspecified atom stereocenters. The number of cyclic esters (lactones) is 1. The molecular weight excluding hydrogens is 216 g/mol. The molecule has 2 rings (SSSR count). The minimum Gasteiger partial charge on any atom is -0.449 e. The zero-order valence-corrected chi connectivity index (χ0v) is 10.6. The minimum absolute atomic E-state index is 0.110. The first-order valence-electron chi connectivity index (χ1n) is 6.98. The van der Waals surface area contributed by atoms with Crippen molar-refractivity contribution < 1.29 is 9.53 Å². The Kier molecular flexibility index (Phi) is 4.66. The Bertz CT molecular complexity index is 248. The Morgan fingerprint density at radius 3 is 2.53 bits per heavy atom. The summed E-state index contributed by atoms with van der Waals surface area (Å²) in [4.78, 5) is 14.0. The van der Waals surface area contributed by atoms with Crippen LogP contribution in [-0.2, 0) is 4.74 Å². The van der Waals surface area contributed by atoms with Gasteiger partial charge >= 0.3 is 6.09 Å². The van der Waals surface area contributed by atoms with E-state index in [9.17, 15) is 4.79 Å². The van der Waals surface area contributed by atoms with Gasteiger partial charge in [-0.25, -0.2) is 4.79 Å². The summed E-state index contributed by atoms with van der Waals surface area (Å²) in [6, 6.07) is 0.700. The highest BCUT2D eigenvalue weighted by Gasteiger charge is 2.34. The van der Waals surface area contributed by atoms with E-state index in [0.29, 0.717) is 25.2 Å². The van der Waals surface area contributed by atoms with Gasteiger partial charge < -0.3 is 15.4 Å². The van der Waals surface area contributed by atoms with Crippen molar-refractivity contribution in [1.29, 1.82) is 0 Å². The second-order valence-corrected chi connectivity index (χ2v) is 5.19. The van der Waals surface area contributed by atoms with Crippen LogP contribution >= 0.6 is 0 Å². The molecular formula is C13H24N2O2. The third kappa shape index (κ3) is 3.12. The van der Waals surface area contributed by atoms with Gasteiger partial charge in [0.25, 0.3) is 0 Å². The van der Waals surface area contributed by atoms with Gasteiger partial charge in [-0.1, -0.05) is 25.7 Å². The normalized spacial score (nSPS) is 27.7. The molecule has 0 spiro atoms. The van der Waals surface area contributed by atoms with Crippen LogP contribution in [0.3, 0.4) is 0 Å². The molecule has 1 heterocycles. The van der Waals surface area contributed by atoms with Crippen LogP contribution in [0.25, 0.3) is 0 Å². The smallest absolute Gasteiger partial charge is 0.410 e. The first kappa shape index (κ1) is 12.7. The van der Waals surface area contributed by atoms with E-state index in [-0.39, 0.29) is 6.09 Å². The lowest BCUT2D eigenvalue weighted by Crippen LogP contribution is -2.51. The second kappa shape index (κ2) is 6.24. The van der Waals surface area contributed by atoms with E-state index in [4.69, 9.17) is 10.5 Å². The molecule has 1 aliphatic carbocycles. The predicted molar refractivity (Wildman–Crippen MR) is 66.8 cm³/mol. The third-order valence-corrected chi connectivity index (χ3v) is 4.00. The minimum atomic E-state index is -0.110. The molecule has 2 fully saturated rings. The molecule has 17 heavy (non-hydrogen) atoms. The number of amides is 1. The highest BCUT2D eigenvalue weighted by atomic mass is 16.6. The molecule has 2 aliphatic rings. The molecule has 4 nitrogen and oxygen atoms in total. The van der Waals surface area contributed by atoms with Crippen molar-refractivity contribution >= 4 is 6.09 Å². The van der Waals surface area contributed by atoms with E-state index < -0.39 is 0 Å². The number of rotatable bonds is 3. The van der Waals surface area contributed by atoms with Crippen molar-refractivity contribution in [2.45, 2.75) is 63.5 Å². The monoisotopic (exact) mass is 240 g/mol. The fraction of sp³-hybridized carbons (Fsp3) is 0.923. The quantitative estimate of drug-likeness (QED) is 0.770. The zero-order valence-electron chi connectivity index (χ0n) is 10.6. The number of hydrogen-bond donors (Lipinski definition) is 1. The topological polar surface area (TPSA) is 55.6 Å². The van der Waals surface area contributed by atoms with Gasteiger partial charge in [0.05, 0.1) is 6.61 Å². The molecule has 1 aliphatic heterocycles. The highest BCUT2D eigenvalue weighted by molar-refractivity contribution is 5.69. The highest BCUT2D eigenvalue weighted by Crippen LogP contribution is 2.27. The average molecular weight is 240 g/mol. The van der Waals surface area contributed by atoms with Gasteiger partial charge in [0.1, 0.15) is 0 Å². The summed E-state index contributed by atoms with van der Waals surface area (Å²) < 4.78 is 5.21. The summed E-state index contributed by atoms with van der Waals surface area (Å²) in [5, 5.41) is 0. The van der Waals surface area contributed by atoms with Crippen LogP contribution in [0.15, 0.2) is 0 Å². The number of carbonyl (C=O) groups excluding carboxylic acids is 1. The molecule has 4 heteroatoms. The fourth-order valence-electron chi connectivity index (χ4n) is 3.10. The molecule has 1 saturated carbocycles. The van der Waals surface area contributed by atoms with Crippen LogP contribution in [0.4, 0.5) is 4.79 Å². The number of carbonyl (C=O) groups is 1. The van der Waals surface area contributed by atoms with Gasteiger partial charge in [-0.15, -0.1) is 0 Å². The lowest BCUT2D eigenvalue weighted by atomic mass is 10.0. The van der Waals surface area contributed by atoms with Crippen molar-refractivity contribution in [2.24, 2.45) is 5.73 Å². The Hall–Kier alpha value is -0.770. The van der Waals surface area contributed by atoms with E-state index in [1.807, 2.05) is 4.90 Å². The second-order valence-electron chi connectivity index (χ2n) is 5.19. The standard InChI is InChI=1S/C13H24N2O2/c14-9-7-12-8-10-17-13(16)15(12)11-5-3-1-2-4-6-11/h11-12H,1-10,14H2. The maximum atomic E-state index is 12.0. The fourth-order valence-corrected chi connectivity index (χ4v) is 3.10. The Morgan fingerprint density at radius 2 is 1.88 bits per heavy atom.